The molecule has 5 nitrogen and oxygen atoms in total. The Bertz CT molecular complexity index is 901. The summed E-state index contributed by atoms with van der Waals surface area (Å²) in [5, 5.41) is 0.528. The van der Waals surface area contributed by atoms with E-state index in [1.54, 1.807) is 31.2 Å². The molecule has 0 aliphatic carbocycles. The molecule has 2 aromatic carbocycles. The Morgan fingerprint density at radius 1 is 1.08 bits per heavy atom. The Balaban J connectivity index is 1.68. The number of halogens is 1. The van der Waals surface area contributed by atoms with Gasteiger partial charge < -0.3 is 9.15 Å². The quantitative estimate of drug-likeness (QED) is 0.503. The molecule has 0 amide bonds. The van der Waals surface area contributed by atoms with E-state index in [0.717, 1.165) is 5.56 Å². The van der Waals surface area contributed by atoms with Crippen LogP contribution in [0.4, 0.5) is 0 Å². The first kappa shape index (κ1) is 16.9. The number of Topliss-reactive ketones (excluding diaryl/α,β-unsaturated/α-hetero) is 1. The predicted molar refractivity (Wildman–Crippen MR) is 92.7 cm³/mol. The van der Waals surface area contributed by atoms with Gasteiger partial charge in [-0.2, -0.15) is 0 Å². The Hall–Kier alpha value is -2.92. The number of ketones is 1. The van der Waals surface area contributed by atoms with E-state index in [9.17, 15) is 9.59 Å². The van der Waals surface area contributed by atoms with E-state index in [1.165, 1.54) is 0 Å². The Kier molecular flexibility index (Phi) is 4.95. The van der Waals surface area contributed by atoms with Gasteiger partial charge in [-0.25, -0.2) is 9.78 Å². The zero-order valence-electron chi connectivity index (χ0n) is 13.4. The second-order valence-electron chi connectivity index (χ2n) is 5.30. The molecule has 1 heterocycles. The van der Waals surface area contributed by atoms with E-state index in [4.69, 9.17) is 20.8 Å². The van der Waals surface area contributed by atoms with Crippen molar-refractivity contribution < 1.29 is 18.7 Å². The van der Waals surface area contributed by atoms with Gasteiger partial charge in [-0.1, -0.05) is 29.8 Å². The molecule has 0 atom stereocenters. The molecule has 0 fully saturated rings. The van der Waals surface area contributed by atoms with Gasteiger partial charge in [0.05, 0.1) is 0 Å². The molecule has 0 saturated heterocycles. The largest absolute Gasteiger partial charge is 0.452 e. The average molecular weight is 356 g/mol. The monoisotopic (exact) mass is 355 g/mol. The molecule has 0 bridgehead atoms. The minimum absolute atomic E-state index is 0.0581. The number of hydrogen-bond acceptors (Lipinski definition) is 5. The maximum Gasteiger partial charge on any atom is 0.361 e. The van der Waals surface area contributed by atoms with E-state index in [1.807, 2.05) is 30.3 Å². The fourth-order valence-electron chi connectivity index (χ4n) is 2.21. The third-order valence-corrected chi connectivity index (χ3v) is 3.76. The molecule has 3 aromatic rings. The standard InChI is InChI=1S/C19H14ClNO4/c1-12-17(21-18(25-12)14-5-3-2-4-6-14)19(23)24-11-16(22)13-7-9-15(20)10-8-13/h2-10H,11H2,1H3. The van der Waals surface area contributed by atoms with Crippen LogP contribution in [0, 0.1) is 6.92 Å². The van der Waals surface area contributed by atoms with Crippen molar-refractivity contribution >= 4 is 23.4 Å². The van der Waals surface area contributed by atoms with Crippen LogP contribution >= 0.6 is 11.6 Å². The number of benzene rings is 2. The third kappa shape index (κ3) is 3.95. The Labute approximate surface area is 149 Å². The summed E-state index contributed by atoms with van der Waals surface area (Å²) in [7, 11) is 0. The first-order valence-electron chi connectivity index (χ1n) is 7.53. The van der Waals surface area contributed by atoms with Crippen LogP contribution in [0.1, 0.15) is 26.6 Å². The van der Waals surface area contributed by atoms with Crippen molar-refractivity contribution in [2.75, 3.05) is 6.61 Å². The lowest BCUT2D eigenvalue weighted by Gasteiger charge is -2.03. The second kappa shape index (κ2) is 7.32. The molecular weight excluding hydrogens is 342 g/mol. The fourth-order valence-corrected chi connectivity index (χ4v) is 2.33. The van der Waals surface area contributed by atoms with Crippen LogP contribution in [0.3, 0.4) is 0 Å². The van der Waals surface area contributed by atoms with Gasteiger partial charge in [0.1, 0.15) is 5.76 Å². The van der Waals surface area contributed by atoms with Crippen LogP contribution in [-0.4, -0.2) is 23.3 Å². The fraction of sp³-hybridized carbons (Fsp3) is 0.105. The van der Waals surface area contributed by atoms with Crippen molar-refractivity contribution in [1.29, 1.82) is 0 Å². The van der Waals surface area contributed by atoms with Gasteiger partial charge in [0.2, 0.25) is 5.89 Å². The summed E-state index contributed by atoms with van der Waals surface area (Å²) in [5.74, 6) is -0.364. The molecule has 6 heteroatoms. The van der Waals surface area contributed by atoms with Crippen molar-refractivity contribution in [3.8, 4) is 11.5 Å². The van der Waals surface area contributed by atoms with Gasteiger partial charge in [-0.3, -0.25) is 4.79 Å². The zero-order valence-corrected chi connectivity index (χ0v) is 14.1. The second-order valence-corrected chi connectivity index (χ2v) is 5.73. The van der Waals surface area contributed by atoms with Crippen molar-refractivity contribution in [2.45, 2.75) is 6.92 Å². The van der Waals surface area contributed by atoms with E-state index in [0.29, 0.717) is 22.2 Å². The van der Waals surface area contributed by atoms with Crippen LogP contribution in [0.2, 0.25) is 5.02 Å². The molecular formula is C19H14ClNO4. The number of carbonyl (C=O) groups excluding carboxylic acids is 2. The predicted octanol–water partition coefficient (Wildman–Crippen LogP) is 4.34. The number of hydrogen-bond donors (Lipinski definition) is 0. The summed E-state index contributed by atoms with van der Waals surface area (Å²) in [6.07, 6.45) is 0. The lowest BCUT2D eigenvalue weighted by Crippen LogP contribution is -2.15. The SMILES string of the molecule is Cc1oc(-c2ccccc2)nc1C(=O)OCC(=O)c1ccc(Cl)cc1. The topological polar surface area (TPSA) is 69.4 Å². The first-order chi connectivity index (χ1) is 12.0. The van der Waals surface area contributed by atoms with E-state index in [2.05, 4.69) is 4.98 Å². The number of rotatable bonds is 5. The molecule has 0 unspecified atom stereocenters. The molecule has 1 aromatic heterocycles. The van der Waals surface area contributed by atoms with E-state index < -0.39 is 5.97 Å². The summed E-state index contributed by atoms with van der Waals surface area (Å²) >= 11 is 5.78. The highest BCUT2D eigenvalue weighted by molar-refractivity contribution is 6.30. The molecule has 0 N–H and O–H groups in total. The first-order valence-corrected chi connectivity index (χ1v) is 7.91. The average Bonchev–Trinajstić information content (AvgIpc) is 3.02. The molecule has 25 heavy (non-hydrogen) atoms. The third-order valence-electron chi connectivity index (χ3n) is 3.51. The van der Waals surface area contributed by atoms with Gasteiger partial charge in [-0.05, 0) is 43.3 Å². The van der Waals surface area contributed by atoms with Crippen LogP contribution in [0.15, 0.2) is 59.0 Å². The van der Waals surface area contributed by atoms with Gasteiger partial charge in [0.25, 0.3) is 0 Å². The summed E-state index contributed by atoms with van der Waals surface area (Å²) in [5.41, 5.74) is 1.23. The number of aryl methyl sites for hydroxylation is 1. The maximum atomic E-state index is 12.2. The number of ether oxygens (including phenoxy) is 1. The zero-order chi connectivity index (χ0) is 17.8. The van der Waals surface area contributed by atoms with Gasteiger partial charge in [-0.15, -0.1) is 0 Å². The number of esters is 1. The van der Waals surface area contributed by atoms with Gasteiger partial charge in [0.15, 0.2) is 18.1 Å². The summed E-state index contributed by atoms with van der Waals surface area (Å²) < 4.78 is 10.6. The molecule has 0 spiro atoms. The van der Waals surface area contributed by atoms with E-state index >= 15 is 0 Å². The van der Waals surface area contributed by atoms with Crippen LogP contribution < -0.4 is 0 Å². The van der Waals surface area contributed by atoms with Crippen LogP contribution in [0.5, 0.6) is 0 Å². The summed E-state index contributed by atoms with van der Waals surface area (Å²) in [6.45, 7) is 1.24. The highest BCUT2D eigenvalue weighted by Crippen LogP contribution is 2.22. The number of nitrogens with zero attached hydrogens (tertiary/aromatic N) is 1. The minimum atomic E-state index is -0.703. The van der Waals surface area contributed by atoms with Crippen molar-refractivity contribution in [2.24, 2.45) is 0 Å². The minimum Gasteiger partial charge on any atom is -0.452 e. The molecule has 0 saturated carbocycles. The van der Waals surface area contributed by atoms with Crippen LogP contribution in [-0.2, 0) is 4.74 Å². The number of carbonyl (C=O) groups is 2. The molecule has 0 aliphatic heterocycles. The van der Waals surface area contributed by atoms with E-state index in [-0.39, 0.29) is 18.1 Å². The number of aromatic nitrogens is 1. The highest BCUT2D eigenvalue weighted by Gasteiger charge is 2.20. The molecule has 0 aliphatic rings. The van der Waals surface area contributed by atoms with Crippen LogP contribution in [0.25, 0.3) is 11.5 Å². The van der Waals surface area contributed by atoms with Gasteiger partial charge >= 0.3 is 5.97 Å². The lowest BCUT2D eigenvalue weighted by atomic mass is 10.1. The normalized spacial score (nSPS) is 10.5. The van der Waals surface area contributed by atoms with Gasteiger partial charge in [0, 0.05) is 16.1 Å². The summed E-state index contributed by atoms with van der Waals surface area (Å²) in [4.78, 5) is 28.4. The molecule has 126 valence electrons. The Morgan fingerprint density at radius 3 is 2.44 bits per heavy atom. The maximum absolute atomic E-state index is 12.2. The van der Waals surface area contributed by atoms with Crippen molar-refractivity contribution in [3.63, 3.8) is 0 Å². The molecule has 0 radical (unpaired) electrons. The summed E-state index contributed by atoms with van der Waals surface area (Å²) in [6, 6.07) is 15.6. The highest BCUT2D eigenvalue weighted by atomic mass is 35.5. The van der Waals surface area contributed by atoms with Crippen molar-refractivity contribution in [3.05, 3.63) is 76.6 Å². The lowest BCUT2D eigenvalue weighted by molar-refractivity contribution is 0.0468. The van der Waals surface area contributed by atoms with Crippen molar-refractivity contribution in [1.82, 2.24) is 4.98 Å². The Morgan fingerprint density at radius 2 is 1.76 bits per heavy atom. The number of oxazole rings is 1. The molecule has 3 rings (SSSR count). The smallest absolute Gasteiger partial charge is 0.361 e.